The van der Waals surface area contributed by atoms with E-state index in [1.54, 1.807) is 13.8 Å². The molecule has 0 aliphatic carbocycles. The third-order valence-electron chi connectivity index (χ3n) is 2.10. The first-order chi connectivity index (χ1) is 7.06. The molecule has 15 heavy (non-hydrogen) atoms. The van der Waals surface area contributed by atoms with Gasteiger partial charge in [-0.15, -0.1) is 0 Å². The third-order valence-corrected chi connectivity index (χ3v) is 2.84. The molecule has 0 amide bonds. The lowest BCUT2D eigenvalue weighted by Gasteiger charge is -2.00. The number of rotatable bonds is 2. The van der Waals surface area contributed by atoms with Crippen LogP contribution in [-0.4, -0.2) is 10.8 Å². The quantitative estimate of drug-likeness (QED) is 0.840. The van der Waals surface area contributed by atoms with Crippen molar-refractivity contribution in [2.75, 3.05) is 0 Å². The predicted molar refractivity (Wildman–Crippen MR) is 60.8 cm³/mol. The Morgan fingerprint density at radius 1 is 1.53 bits per heavy atom. The van der Waals surface area contributed by atoms with E-state index >= 15 is 0 Å². The molecule has 78 valence electrons. The molecule has 1 aromatic heterocycles. The van der Waals surface area contributed by atoms with Crippen molar-refractivity contribution in [2.24, 2.45) is 0 Å². The van der Waals surface area contributed by atoms with E-state index in [0.717, 1.165) is 21.1 Å². The molecule has 0 fully saturated rings. The second-order valence-corrected chi connectivity index (χ2v) is 4.38. The third kappa shape index (κ3) is 2.09. The summed E-state index contributed by atoms with van der Waals surface area (Å²) in [5, 5.41) is 0. The Labute approximate surface area is 95.6 Å². The van der Waals surface area contributed by atoms with Gasteiger partial charge in [0, 0.05) is 17.8 Å². The zero-order valence-corrected chi connectivity index (χ0v) is 10.1. The fourth-order valence-electron chi connectivity index (χ4n) is 1.51. The van der Waals surface area contributed by atoms with E-state index in [-0.39, 0.29) is 5.78 Å². The van der Waals surface area contributed by atoms with E-state index in [2.05, 4.69) is 20.9 Å². The van der Waals surface area contributed by atoms with E-state index in [1.807, 2.05) is 12.1 Å². The zero-order valence-electron chi connectivity index (χ0n) is 8.50. The number of fused-ring (bicyclic) bond motifs is 1. The second-order valence-electron chi connectivity index (χ2n) is 3.52. The molecule has 3 nitrogen and oxygen atoms in total. The molecule has 0 saturated carbocycles. The van der Waals surface area contributed by atoms with Gasteiger partial charge in [0.05, 0.1) is 0 Å². The number of nitrogens with zero attached hydrogens (tertiary/aromatic N) is 1. The zero-order chi connectivity index (χ0) is 11.0. The maximum atomic E-state index is 11.0. The summed E-state index contributed by atoms with van der Waals surface area (Å²) in [5.74, 6) is 0.767. The van der Waals surface area contributed by atoms with Crippen LogP contribution >= 0.6 is 15.9 Å². The first-order valence-electron chi connectivity index (χ1n) is 4.61. The molecule has 1 heterocycles. The number of oxazole rings is 1. The SMILES string of the molecule is CC(=O)Cc1cc2oc(C)nc2cc1Br. The van der Waals surface area contributed by atoms with Crippen molar-refractivity contribution < 1.29 is 9.21 Å². The molecule has 0 aliphatic heterocycles. The van der Waals surface area contributed by atoms with Crippen molar-refractivity contribution in [3.05, 3.63) is 28.1 Å². The lowest BCUT2D eigenvalue weighted by Crippen LogP contribution is -1.96. The topological polar surface area (TPSA) is 43.1 Å². The van der Waals surface area contributed by atoms with Gasteiger partial charge in [0.1, 0.15) is 11.3 Å². The lowest BCUT2D eigenvalue weighted by atomic mass is 10.1. The van der Waals surface area contributed by atoms with Crippen molar-refractivity contribution in [1.82, 2.24) is 4.98 Å². The van der Waals surface area contributed by atoms with E-state index in [0.29, 0.717) is 12.3 Å². The summed E-state index contributed by atoms with van der Waals surface area (Å²) in [6.07, 6.45) is 0.413. The number of aryl methyl sites for hydroxylation is 1. The number of hydrogen-bond donors (Lipinski definition) is 0. The van der Waals surface area contributed by atoms with E-state index in [4.69, 9.17) is 4.42 Å². The van der Waals surface area contributed by atoms with Gasteiger partial charge in [-0.2, -0.15) is 0 Å². The Kier molecular flexibility index (Phi) is 2.61. The molecule has 2 aromatic rings. The highest BCUT2D eigenvalue weighted by Crippen LogP contribution is 2.25. The lowest BCUT2D eigenvalue weighted by molar-refractivity contribution is -0.116. The van der Waals surface area contributed by atoms with Crippen LogP contribution in [-0.2, 0) is 11.2 Å². The molecule has 0 atom stereocenters. The fraction of sp³-hybridized carbons (Fsp3) is 0.273. The summed E-state index contributed by atoms with van der Waals surface area (Å²) in [4.78, 5) is 15.3. The van der Waals surface area contributed by atoms with Crippen molar-refractivity contribution in [3.8, 4) is 0 Å². The molecule has 0 unspecified atom stereocenters. The van der Waals surface area contributed by atoms with Crippen LogP contribution in [0.3, 0.4) is 0 Å². The smallest absolute Gasteiger partial charge is 0.192 e. The van der Waals surface area contributed by atoms with Gasteiger partial charge >= 0.3 is 0 Å². The molecule has 0 saturated heterocycles. The van der Waals surface area contributed by atoms with E-state index in [9.17, 15) is 4.79 Å². The van der Waals surface area contributed by atoms with Crippen LogP contribution in [0.2, 0.25) is 0 Å². The van der Waals surface area contributed by atoms with Crippen LogP contribution < -0.4 is 0 Å². The average molecular weight is 268 g/mol. The number of aromatic nitrogens is 1. The first-order valence-corrected chi connectivity index (χ1v) is 5.40. The molecular weight excluding hydrogens is 258 g/mol. The number of carbonyl (C=O) groups is 1. The first kappa shape index (κ1) is 10.4. The summed E-state index contributed by atoms with van der Waals surface area (Å²) in [6, 6.07) is 3.74. The monoisotopic (exact) mass is 267 g/mol. The van der Waals surface area contributed by atoms with Crippen LogP contribution in [0.25, 0.3) is 11.1 Å². The number of halogens is 1. The highest BCUT2D eigenvalue weighted by atomic mass is 79.9. The Morgan fingerprint density at radius 2 is 2.27 bits per heavy atom. The van der Waals surface area contributed by atoms with Gasteiger partial charge in [-0.05, 0) is 24.6 Å². The number of ketones is 1. The maximum Gasteiger partial charge on any atom is 0.192 e. The van der Waals surface area contributed by atoms with Crippen LogP contribution in [0.4, 0.5) is 0 Å². The standard InChI is InChI=1S/C11H10BrNO2/c1-6(14)3-8-4-11-10(5-9(8)12)13-7(2)15-11/h4-5H,3H2,1-2H3. The van der Waals surface area contributed by atoms with Gasteiger partial charge in [0.25, 0.3) is 0 Å². The highest BCUT2D eigenvalue weighted by molar-refractivity contribution is 9.10. The molecule has 2 rings (SSSR count). The van der Waals surface area contributed by atoms with E-state index < -0.39 is 0 Å². The van der Waals surface area contributed by atoms with Crippen molar-refractivity contribution in [3.63, 3.8) is 0 Å². The second kappa shape index (κ2) is 3.77. The summed E-state index contributed by atoms with van der Waals surface area (Å²) in [5.41, 5.74) is 2.48. The maximum absolute atomic E-state index is 11.0. The molecule has 0 aliphatic rings. The number of carbonyl (C=O) groups excluding carboxylic acids is 1. The molecule has 0 radical (unpaired) electrons. The molecule has 0 bridgehead atoms. The largest absolute Gasteiger partial charge is 0.441 e. The van der Waals surface area contributed by atoms with Crippen LogP contribution in [0.5, 0.6) is 0 Å². The number of Topliss-reactive ketones (excluding diaryl/α,β-unsaturated/α-hetero) is 1. The van der Waals surface area contributed by atoms with Gasteiger partial charge in [-0.25, -0.2) is 4.98 Å². The van der Waals surface area contributed by atoms with Gasteiger partial charge < -0.3 is 4.42 Å². The minimum Gasteiger partial charge on any atom is -0.441 e. The van der Waals surface area contributed by atoms with Gasteiger partial charge in [0.15, 0.2) is 11.5 Å². The normalized spacial score (nSPS) is 10.9. The summed E-state index contributed by atoms with van der Waals surface area (Å²) in [7, 11) is 0. The summed E-state index contributed by atoms with van der Waals surface area (Å²) in [6.45, 7) is 3.38. The Balaban J connectivity index is 2.55. The van der Waals surface area contributed by atoms with Crippen LogP contribution in [0.1, 0.15) is 18.4 Å². The molecule has 0 N–H and O–H groups in total. The average Bonchev–Trinajstić information content (AvgIpc) is 2.44. The van der Waals surface area contributed by atoms with Crippen molar-refractivity contribution in [1.29, 1.82) is 0 Å². The number of benzene rings is 1. The van der Waals surface area contributed by atoms with Gasteiger partial charge in [0.2, 0.25) is 0 Å². The molecule has 4 heteroatoms. The van der Waals surface area contributed by atoms with Gasteiger partial charge in [-0.3, -0.25) is 4.79 Å². The van der Waals surface area contributed by atoms with Gasteiger partial charge in [-0.1, -0.05) is 15.9 Å². The van der Waals surface area contributed by atoms with E-state index in [1.165, 1.54) is 0 Å². The molecule has 1 aromatic carbocycles. The summed E-state index contributed by atoms with van der Waals surface area (Å²) >= 11 is 3.42. The molecule has 0 spiro atoms. The summed E-state index contributed by atoms with van der Waals surface area (Å²) < 4.78 is 6.30. The minimum absolute atomic E-state index is 0.131. The molecular formula is C11H10BrNO2. The minimum atomic E-state index is 0.131. The fourth-order valence-corrected chi connectivity index (χ4v) is 1.98. The van der Waals surface area contributed by atoms with Crippen LogP contribution in [0, 0.1) is 6.92 Å². The Morgan fingerprint density at radius 3 is 2.93 bits per heavy atom. The predicted octanol–water partition coefficient (Wildman–Crippen LogP) is 3.03. The Hall–Kier alpha value is -1.16. The van der Waals surface area contributed by atoms with Crippen LogP contribution in [0.15, 0.2) is 21.0 Å². The van der Waals surface area contributed by atoms with Crippen molar-refractivity contribution in [2.45, 2.75) is 20.3 Å². The highest BCUT2D eigenvalue weighted by Gasteiger charge is 2.09. The van der Waals surface area contributed by atoms with Crippen molar-refractivity contribution >= 4 is 32.8 Å². The number of hydrogen-bond acceptors (Lipinski definition) is 3. The Bertz CT molecular complexity index is 531.